The second kappa shape index (κ2) is 9.30. The summed E-state index contributed by atoms with van der Waals surface area (Å²) < 4.78 is 10.9. The van der Waals surface area contributed by atoms with Crippen molar-refractivity contribution >= 4 is 23.2 Å². The smallest absolute Gasteiger partial charge is 0.242 e. The van der Waals surface area contributed by atoms with Gasteiger partial charge in [-0.25, -0.2) is 0 Å². The van der Waals surface area contributed by atoms with Crippen LogP contribution in [-0.4, -0.2) is 41.5 Å². The standard InChI is InChI=1S/C24H30N2O4S/c1-16(2)11-26(24(28)19-5-6-19)14-23(27)25(13-22-17(3)8-9-31-22)12-18-4-7-20-21(10-18)30-15-29-20/h4,7-10,16,19H,5-6,11-15H2,1-3H3. The van der Waals surface area contributed by atoms with Gasteiger partial charge in [-0.2, -0.15) is 0 Å². The zero-order valence-corrected chi connectivity index (χ0v) is 19.2. The van der Waals surface area contributed by atoms with Crippen LogP contribution in [0.15, 0.2) is 29.6 Å². The molecule has 7 heteroatoms. The summed E-state index contributed by atoms with van der Waals surface area (Å²) in [6.45, 7) is 8.18. The zero-order valence-electron chi connectivity index (χ0n) is 18.4. The van der Waals surface area contributed by atoms with Crippen LogP contribution in [0.2, 0.25) is 0 Å². The molecule has 6 nitrogen and oxygen atoms in total. The lowest BCUT2D eigenvalue weighted by Gasteiger charge is -2.29. The fraction of sp³-hybridized carbons (Fsp3) is 0.500. The molecule has 0 N–H and O–H groups in total. The zero-order chi connectivity index (χ0) is 22.0. The predicted molar refractivity (Wildman–Crippen MR) is 120 cm³/mol. The van der Waals surface area contributed by atoms with Crippen LogP contribution in [-0.2, 0) is 22.7 Å². The maximum Gasteiger partial charge on any atom is 0.242 e. The van der Waals surface area contributed by atoms with Gasteiger partial charge in [-0.1, -0.05) is 19.9 Å². The summed E-state index contributed by atoms with van der Waals surface area (Å²) in [6.07, 6.45) is 1.88. The average Bonchev–Trinajstić information content (AvgIpc) is 3.35. The molecule has 2 aliphatic rings. The van der Waals surface area contributed by atoms with Crippen LogP contribution in [0, 0.1) is 18.8 Å². The van der Waals surface area contributed by atoms with E-state index in [4.69, 9.17) is 9.47 Å². The minimum Gasteiger partial charge on any atom is -0.454 e. The van der Waals surface area contributed by atoms with E-state index in [2.05, 4.69) is 32.2 Å². The van der Waals surface area contributed by atoms with Gasteiger partial charge >= 0.3 is 0 Å². The van der Waals surface area contributed by atoms with E-state index in [1.165, 1.54) is 5.56 Å². The molecule has 1 fully saturated rings. The first-order valence-electron chi connectivity index (χ1n) is 10.9. The molecular formula is C24H30N2O4S. The van der Waals surface area contributed by atoms with Crippen LogP contribution < -0.4 is 9.47 Å². The van der Waals surface area contributed by atoms with Crippen molar-refractivity contribution in [3.05, 3.63) is 45.6 Å². The van der Waals surface area contributed by atoms with Gasteiger partial charge in [0.25, 0.3) is 0 Å². The number of nitrogens with zero attached hydrogens (tertiary/aromatic N) is 2. The van der Waals surface area contributed by atoms with Gasteiger partial charge in [-0.05, 0) is 60.4 Å². The van der Waals surface area contributed by atoms with E-state index in [-0.39, 0.29) is 31.1 Å². The molecule has 0 bridgehead atoms. The summed E-state index contributed by atoms with van der Waals surface area (Å²) in [6, 6.07) is 7.87. The first kappa shape index (κ1) is 21.7. The molecule has 1 aromatic heterocycles. The number of amides is 2. The van der Waals surface area contributed by atoms with Crippen molar-refractivity contribution in [2.75, 3.05) is 19.9 Å². The molecule has 0 unspecified atom stereocenters. The quantitative estimate of drug-likeness (QED) is 0.584. The third-order valence-electron chi connectivity index (χ3n) is 5.62. The van der Waals surface area contributed by atoms with Crippen LogP contribution in [0.25, 0.3) is 0 Å². The van der Waals surface area contributed by atoms with Crippen molar-refractivity contribution in [3.8, 4) is 11.5 Å². The number of carbonyl (C=O) groups is 2. The predicted octanol–water partition coefficient (Wildman–Crippen LogP) is 4.21. The first-order valence-corrected chi connectivity index (χ1v) is 11.8. The van der Waals surface area contributed by atoms with E-state index in [9.17, 15) is 9.59 Å². The molecule has 31 heavy (non-hydrogen) atoms. The summed E-state index contributed by atoms with van der Waals surface area (Å²) in [5.41, 5.74) is 2.16. The van der Waals surface area contributed by atoms with E-state index in [0.717, 1.165) is 29.0 Å². The Labute approximate surface area is 187 Å². The highest BCUT2D eigenvalue weighted by atomic mass is 32.1. The van der Waals surface area contributed by atoms with Crippen LogP contribution >= 0.6 is 11.3 Å². The number of hydrogen-bond acceptors (Lipinski definition) is 5. The minimum absolute atomic E-state index is 0.0277. The Morgan fingerprint density at radius 1 is 1.10 bits per heavy atom. The Kier molecular flexibility index (Phi) is 6.51. The molecule has 1 aromatic carbocycles. The molecule has 1 aliphatic carbocycles. The van der Waals surface area contributed by atoms with Gasteiger partial charge < -0.3 is 19.3 Å². The molecule has 2 heterocycles. The number of aryl methyl sites for hydroxylation is 1. The molecule has 0 atom stereocenters. The molecule has 0 radical (unpaired) electrons. The molecule has 1 aliphatic heterocycles. The molecule has 0 spiro atoms. The van der Waals surface area contributed by atoms with Crippen LogP contribution in [0.4, 0.5) is 0 Å². The van der Waals surface area contributed by atoms with E-state index in [1.807, 2.05) is 23.1 Å². The number of thiophene rings is 1. The Hall–Kier alpha value is -2.54. The molecular weight excluding hydrogens is 412 g/mol. The lowest BCUT2D eigenvalue weighted by atomic mass is 10.1. The normalized spacial score (nSPS) is 14.7. The summed E-state index contributed by atoms with van der Waals surface area (Å²) in [4.78, 5) is 31.0. The van der Waals surface area contributed by atoms with Crippen molar-refractivity contribution in [1.82, 2.24) is 9.80 Å². The Morgan fingerprint density at radius 3 is 2.55 bits per heavy atom. The van der Waals surface area contributed by atoms with Crippen LogP contribution in [0.5, 0.6) is 11.5 Å². The lowest BCUT2D eigenvalue weighted by Crippen LogP contribution is -2.44. The van der Waals surface area contributed by atoms with Crippen molar-refractivity contribution in [1.29, 1.82) is 0 Å². The topological polar surface area (TPSA) is 59.1 Å². The fourth-order valence-corrected chi connectivity index (χ4v) is 4.68. The van der Waals surface area contributed by atoms with Gasteiger partial charge in [0.1, 0.15) is 0 Å². The van der Waals surface area contributed by atoms with E-state index >= 15 is 0 Å². The minimum atomic E-state index is -0.0277. The Morgan fingerprint density at radius 2 is 1.87 bits per heavy atom. The lowest BCUT2D eigenvalue weighted by molar-refractivity contribution is -0.142. The monoisotopic (exact) mass is 442 g/mol. The number of fused-ring (bicyclic) bond motifs is 1. The number of carbonyl (C=O) groups excluding carboxylic acids is 2. The maximum absolute atomic E-state index is 13.4. The highest BCUT2D eigenvalue weighted by Gasteiger charge is 2.35. The summed E-state index contributed by atoms with van der Waals surface area (Å²) in [7, 11) is 0. The molecule has 2 aromatic rings. The van der Waals surface area contributed by atoms with Gasteiger partial charge in [0.05, 0.1) is 13.1 Å². The largest absolute Gasteiger partial charge is 0.454 e. The number of benzene rings is 1. The number of hydrogen-bond donors (Lipinski definition) is 0. The third-order valence-corrected chi connectivity index (χ3v) is 6.62. The average molecular weight is 443 g/mol. The van der Waals surface area contributed by atoms with Crippen molar-refractivity contribution < 1.29 is 19.1 Å². The summed E-state index contributed by atoms with van der Waals surface area (Å²) in [5.74, 6) is 1.96. The van der Waals surface area contributed by atoms with Crippen molar-refractivity contribution in [3.63, 3.8) is 0 Å². The SMILES string of the molecule is Cc1ccsc1CN(Cc1ccc2c(c1)OCO2)C(=O)CN(CC(C)C)C(=O)C1CC1. The van der Waals surface area contributed by atoms with E-state index in [0.29, 0.717) is 31.3 Å². The number of ether oxygens (including phenoxy) is 2. The second-order valence-electron chi connectivity index (χ2n) is 8.85. The van der Waals surface area contributed by atoms with Gasteiger partial charge in [0.15, 0.2) is 11.5 Å². The third kappa shape index (κ3) is 5.39. The fourth-order valence-electron chi connectivity index (χ4n) is 3.76. The molecule has 166 valence electrons. The maximum atomic E-state index is 13.4. The second-order valence-corrected chi connectivity index (χ2v) is 9.85. The van der Waals surface area contributed by atoms with Gasteiger partial charge in [0.2, 0.25) is 18.6 Å². The van der Waals surface area contributed by atoms with Gasteiger partial charge in [-0.15, -0.1) is 11.3 Å². The van der Waals surface area contributed by atoms with Crippen molar-refractivity contribution in [2.45, 2.75) is 46.7 Å². The Bertz CT molecular complexity index is 951. The van der Waals surface area contributed by atoms with Crippen molar-refractivity contribution in [2.24, 2.45) is 11.8 Å². The summed E-state index contributed by atoms with van der Waals surface area (Å²) >= 11 is 1.66. The first-order chi connectivity index (χ1) is 14.9. The number of rotatable bonds is 9. The van der Waals surface area contributed by atoms with E-state index in [1.54, 1.807) is 16.2 Å². The van der Waals surface area contributed by atoms with Gasteiger partial charge in [-0.3, -0.25) is 9.59 Å². The highest BCUT2D eigenvalue weighted by molar-refractivity contribution is 7.10. The van der Waals surface area contributed by atoms with Crippen LogP contribution in [0.3, 0.4) is 0 Å². The van der Waals surface area contributed by atoms with E-state index < -0.39 is 0 Å². The van der Waals surface area contributed by atoms with Gasteiger partial charge in [0, 0.05) is 23.9 Å². The molecule has 1 saturated carbocycles. The summed E-state index contributed by atoms with van der Waals surface area (Å²) in [5, 5.41) is 2.05. The molecule has 4 rings (SSSR count). The molecule has 0 saturated heterocycles. The van der Waals surface area contributed by atoms with Crippen LogP contribution in [0.1, 0.15) is 42.7 Å². The Balaban J connectivity index is 1.52. The molecule has 2 amide bonds. The highest BCUT2D eigenvalue weighted by Crippen LogP contribution is 2.33.